The summed E-state index contributed by atoms with van der Waals surface area (Å²) >= 11 is 0. The fourth-order valence-corrected chi connectivity index (χ4v) is 3.20. The SMILES string of the molecule is Cc1ccc(C(O)=C2C(=O)C(=O)N(C[C@H](C)O)[C@H]2c2ccccc2)cc1. The maximum atomic E-state index is 12.7. The van der Waals surface area contributed by atoms with Crippen molar-refractivity contribution < 1.29 is 19.8 Å². The topological polar surface area (TPSA) is 77.8 Å². The predicted molar refractivity (Wildman–Crippen MR) is 98.3 cm³/mol. The highest BCUT2D eigenvalue weighted by Crippen LogP contribution is 2.39. The number of aliphatic hydroxyl groups excluding tert-OH is 2. The number of amides is 1. The zero-order chi connectivity index (χ0) is 18.8. The van der Waals surface area contributed by atoms with Gasteiger partial charge in [0.1, 0.15) is 5.76 Å². The number of rotatable bonds is 4. The molecule has 26 heavy (non-hydrogen) atoms. The number of likely N-dealkylation sites (tertiary alicyclic amines) is 1. The summed E-state index contributed by atoms with van der Waals surface area (Å²) in [5.74, 6) is -1.66. The highest BCUT2D eigenvalue weighted by molar-refractivity contribution is 6.46. The zero-order valence-electron chi connectivity index (χ0n) is 14.7. The second kappa shape index (κ2) is 7.14. The minimum atomic E-state index is -0.793. The van der Waals surface area contributed by atoms with Gasteiger partial charge in [0.15, 0.2) is 0 Å². The van der Waals surface area contributed by atoms with Crippen LogP contribution < -0.4 is 0 Å². The van der Waals surface area contributed by atoms with E-state index < -0.39 is 23.8 Å². The highest BCUT2D eigenvalue weighted by Gasteiger charge is 2.46. The lowest BCUT2D eigenvalue weighted by atomic mass is 9.95. The molecule has 0 aromatic heterocycles. The van der Waals surface area contributed by atoms with Gasteiger partial charge in [0, 0.05) is 12.1 Å². The number of benzene rings is 2. The fraction of sp³-hybridized carbons (Fsp3) is 0.238. The maximum absolute atomic E-state index is 12.7. The van der Waals surface area contributed by atoms with Crippen LogP contribution in [0.15, 0.2) is 60.2 Å². The van der Waals surface area contributed by atoms with Crippen LogP contribution in [0.25, 0.3) is 5.76 Å². The summed E-state index contributed by atoms with van der Waals surface area (Å²) in [6.45, 7) is 3.49. The second-order valence-corrected chi connectivity index (χ2v) is 6.58. The van der Waals surface area contributed by atoms with E-state index >= 15 is 0 Å². The molecular weight excluding hydrogens is 330 g/mol. The van der Waals surface area contributed by atoms with Crippen molar-refractivity contribution in [3.8, 4) is 0 Å². The molecule has 3 rings (SSSR count). The number of nitrogens with zero attached hydrogens (tertiary/aromatic N) is 1. The number of hydrogen-bond acceptors (Lipinski definition) is 4. The van der Waals surface area contributed by atoms with Crippen LogP contribution in [0.3, 0.4) is 0 Å². The van der Waals surface area contributed by atoms with E-state index in [1.165, 1.54) is 4.90 Å². The van der Waals surface area contributed by atoms with Crippen LogP contribution in [0.4, 0.5) is 0 Å². The van der Waals surface area contributed by atoms with Gasteiger partial charge >= 0.3 is 0 Å². The smallest absolute Gasteiger partial charge is 0.295 e. The van der Waals surface area contributed by atoms with Crippen molar-refractivity contribution in [3.05, 3.63) is 76.9 Å². The number of β-amino-alcohol motifs (C(OH)–C–C–N with tert-alkyl or cyclic N) is 1. The molecule has 1 saturated heterocycles. The van der Waals surface area contributed by atoms with Gasteiger partial charge in [-0.25, -0.2) is 0 Å². The van der Waals surface area contributed by atoms with Crippen molar-refractivity contribution in [2.75, 3.05) is 6.54 Å². The molecule has 0 unspecified atom stereocenters. The minimum absolute atomic E-state index is 0.00874. The quantitative estimate of drug-likeness (QED) is 0.504. The molecule has 1 heterocycles. The summed E-state index contributed by atoms with van der Waals surface area (Å²) in [4.78, 5) is 26.5. The normalized spacial score (nSPS) is 20.4. The van der Waals surface area contributed by atoms with Crippen LogP contribution in [0.5, 0.6) is 0 Å². The van der Waals surface area contributed by atoms with Crippen LogP contribution >= 0.6 is 0 Å². The molecule has 5 heteroatoms. The lowest BCUT2D eigenvalue weighted by molar-refractivity contribution is -0.140. The summed E-state index contributed by atoms with van der Waals surface area (Å²) in [7, 11) is 0. The molecule has 1 aliphatic heterocycles. The Balaban J connectivity index is 2.17. The zero-order valence-corrected chi connectivity index (χ0v) is 14.7. The first kappa shape index (κ1) is 17.9. The van der Waals surface area contributed by atoms with Gasteiger partial charge < -0.3 is 15.1 Å². The van der Waals surface area contributed by atoms with Gasteiger partial charge in [0.2, 0.25) is 0 Å². The van der Waals surface area contributed by atoms with E-state index in [9.17, 15) is 19.8 Å². The molecule has 2 N–H and O–H groups in total. The van der Waals surface area contributed by atoms with E-state index in [0.717, 1.165) is 5.56 Å². The Morgan fingerprint density at radius 2 is 1.69 bits per heavy atom. The molecule has 1 aliphatic rings. The van der Waals surface area contributed by atoms with Gasteiger partial charge in [-0.05, 0) is 19.4 Å². The summed E-state index contributed by atoms with van der Waals surface area (Å²) < 4.78 is 0. The molecule has 0 saturated carbocycles. The first-order valence-corrected chi connectivity index (χ1v) is 8.48. The Labute approximate surface area is 152 Å². The monoisotopic (exact) mass is 351 g/mol. The Bertz CT molecular complexity index is 853. The van der Waals surface area contributed by atoms with E-state index in [1.54, 1.807) is 31.2 Å². The Hall–Kier alpha value is -2.92. The van der Waals surface area contributed by atoms with E-state index in [2.05, 4.69) is 0 Å². The highest BCUT2D eigenvalue weighted by atomic mass is 16.3. The molecule has 0 aliphatic carbocycles. The van der Waals surface area contributed by atoms with Crippen LogP contribution in [0.1, 0.15) is 29.7 Å². The molecule has 5 nitrogen and oxygen atoms in total. The summed E-state index contributed by atoms with van der Waals surface area (Å²) in [6, 6.07) is 15.4. The number of carbonyl (C=O) groups is 2. The van der Waals surface area contributed by atoms with E-state index in [-0.39, 0.29) is 17.9 Å². The van der Waals surface area contributed by atoms with E-state index in [4.69, 9.17) is 0 Å². The summed E-state index contributed by atoms with van der Waals surface area (Å²) in [5.41, 5.74) is 2.26. The number of ketones is 1. The molecule has 2 aromatic rings. The van der Waals surface area contributed by atoms with Gasteiger partial charge in [0.05, 0.1) is 17.7 Å². The Morgan fingerprint density at radius 1 is 1.08 bits per heavy atom. The number of aliphatic hydroxyl groups is 2. The van der Waals surface area contributed by atoms with Gasteiger partial charge in [-0.2, -0.15) is 0 Å². The predicted octanol–water partition coefficient (Wildman–Crippen LogP) is 2.80. The van der Waals surface area contributed by atoms with Gasteiger partial charge in [-0.1, -0.05) is 60.2 Å². The van der Waals surface area contributed by atoms with Gasteiger partial charge in [-0.3, -0.25) is 9.59 Å². The third-order valence-electron chi connectivity index (χ3n) is 4.44. The lowest BCUT2D eigenvalue weighted by Gasteiger charge is -2.26. The largest absolute Gasteiger partial charge is 0.507 e. The molecule has 0 radical (unpaired) electrons. The standard InChI is InChI=1S/C21H21NO4/c1-13-8-10-16(11-9-13)19(24)17-18(15-6-4-3-5-7-15)22(12-14(2)23)21(26)20(17)25/h3-11,14,18,23-24H,12H2,1-2H3/t14-,18-/m0/s1. The number of hydrogen-bond donors (Lipinski definition) is 2. The number of Topliss-reactive ketones (excluding diaryl/α,β-unsaturated/α-hetero) is 1. The van der Waals surface area contributed by atoms with E-state index in [1.807, 2.05) is 37.3 Å². The molecule has 134 valence electrons. The van der Waals surface area contributed by atoms with Crippen molar-refractivity contribution in [1.29, 1.82) is 0 Å². The molecule has 0 bridgehead atoms. The molecule has 2 aromatic carbocycles. The minimum Gasteiger partial charge on any atom is -0.507 e. The first-order valence-electron chi connectivity index (χ1n) is 8.48. The van der Waals surface area contributed by atoms with Crippen molar-refractivity contribution >= 4 is 17.4 Å². The molecule has 1 amide bonds. The Kier molecular flexibility index (Phi) is 4.91. The van der Waals surface area contributed by atoms with Crippen molar-refractivity contribution in [2.24, 2.45) is 0 Å². The van der Waals surface area contributed by atoms with E-state index in [0.29, 0.717) is 11.1 Å². The van der Waals surface area contributed by atoms with Crippen molar-refractivity contribution in [2.45, 2.75) is 26.0 Å². The van der Waals surface area contributed by atoms with Gasteiger partial charge in [0.25, 0.3) is 11.7 Å². The summed E-state index contributed by atoms with van der Waals surface area (Å²) in [6.07, 6.45) is -0.793. The van der Waals surface area contributed by atoms with Crippen LogP contribution in [-0.4, -0.2) is 39.5 Å². The molecular formula is C21H21NO4. The average molecular weight is 351 g/mol. The maximum Gasteiger partial charge on any atom is 0.295 e. The van der Waals surface area contributed by atoms with Crippen LogP contribution in [-0.2, 0) is 9.59 Å². The second-order valence-electron chi connectivity index (χ2n) is 6.58. The third-order valence-corrected chi connectivity index (χ3v) is 4.44. The van der Waals surface area contributed by atoms with Crippen LogP contribution in [0, 0.1) is 6.92 Å². The molecule has 0 spiro atoms. The van der Waals surface area contributed by atoms with Crippen molar-refractivity contribution in [1.82, 2.24) is 4.90 Å². The molecule has 1 fully saturated rings. The van der Waals surface area contributed by atoms with Crippen molar-refractivity contribution in [3.63, 3.8) is 0 Å². The number of aryl methyl sites for hydroxylation is 1. The first-order chi connectivity index (χ1) is 12.4. The Morgan fingerprint density at radius 3 is 2.27 bits per heavy atom. The average Bonchev–Trinajstić information content (AvgIpc) is 2.87. The third kappa shape index (κ3) is 3.26. The fourth-order valence-electron chi connectivity index (χ4n) is 3.20. The van der Waals surface area contributed by atoms with Crippen LogP contribution in [0.2, 0.25) is 0 Å². The molecule has 2 atom stereocenters. The lowest BCUT2D eigenvalue weighted by Crippen LogP contribution is -2.35. The number of carbonyl (C=O) groups excluding carboxylic acids is 2. The summed E-state index contributed by atoms with van der Waals surface area (Å²) in [5, 5.41) is 20.6. The van der Waals surface area contributed by atoms with Gasteiger partial charge in [-0.15, -0.1) is 0 Å².